The summed E-state index contributed by atoms with van der Waals surface area (Å²) in [5, 5.41) is 5.63. The Morgan fingerprint density at radius 3 is 2.27 bits per heavy atom. The van der Waals surface area contributed by atoms with Crippen LogP contribution in [0, 0.1) is 0 Å². The lowest BCUT2D eigenvalue weighted by atomic mass is 10.0. The zero-order valence-electron chi connectivity index (χ0n) is 22.4. The number of nitrogens with two attached hydrogens (primary N) is 3. The quantitative estimate of drug-likeness (QED) is 0.208. The molecule has 0 fully saturated rings. The largest absolute Gasteiger partial charge is 0.416 e. The number of alkyl halides is 3. The smallest absolute Gasteiger partial charge is 0.343 e. The van der Waals surface area contributed by atoms with Gasteiger partial charge in [0.05, 0.1) is 29.2 Å². The van der Waals surface area contributed by atoms with Gasteiger partial charge in [0.1, 0.15) is 6.04 Å². The maximum Gasteiger partial charge on any atom is 0.416 e. The first kappa shape index (κ1) is 31.5. The Bertz CT molecular complexity index is 1330. The third kappa shape index (κ3) is 8.96. The zero-order valence-corrected chi connectivity index (χ0v) is 22.4. The fraction of sp³-hybridized carbons (Fsp3) is 0.357. The number of fused-ring (bicyclic) bond motifs is 1. The van der Waals surface area contributed by atoms with Crippen LogP contribution in [-0.2, 0) is 27.0 Å². The molecule has 2 unspecified atom stereocenters. The summed E-state index contributed by atoms with van der Waals surface area (Å²) in [7, 11) is 0. The fourth-order valence-electron chi connectivity index (χ4n) is 4.24. The molecule has 0 aliphatic heterocycles. The van der Waals surface area contributed by atoms with Gasteiger partial charge in [-0.25, -0.2) is 0 Å². The van der Waals surface area contributed by atoms with E-state index in [4.69, 9.17) is 17.2 Å². The van der Waals surface area contributed by atoms with Crippen LogP contribution in [0.15, 0.2) is 60.8 Å². The summed E-state index contributed by atoms with van der Waals surface area (Å²) in [6.07, 6.45) is -2.95. The number of amides is 3. The van der Waals surface area contributed by atoms with Crippen LogP contribution in [-0.4, -0.2) is 65.9 Å². The number of aromatic nitrogens is 1. The molecule has 0 aliphatic rings. The topological polar surface area (TPSA) is 169 Å². The fourth-order valence-corrected chi connectivity index (χ4v) is 4.24. The van der Waals surface area contributed by atoms with E-state index in [-0.39, 0.29) is 50.2 Å². The van der Waals surface area contributed by atoms with Gasteiger partial charge in [-0.1, -0.05) is 36.4 Å². The molecule has 3 amide bonds. The Balaban J connectivity index is 1.78. The maximum absolute atomic E-state index is 13.4. The molecule has 13 heteroatoms. The van der Waals surface area contributed by atoms with Crippen molar-refractivity contribution in [1.29, 1.82) is 0 Å². The van der Waals surface area contributed by atoms with E-state index in [1.807, 2.05) is 30.3 Å². The summed E-state index contributed by atoms with van der Waals surface area (Å²) in [6, 6.07) is 11.5. The first-order chi connectivity index (χ1) is 19.5. The summed E-state index contributed by atoms with van der Waals surface area (Å²) < 4.78 is 39.5. The summed E-state index contributed by atoms with van der Waals surface area (Å²) in [5.74, 6) is -1.70. The number of halogens is 3. The molecule has 0 saturated heterocycles. The number of hydrogen-bond acceptors (Lipinski definition) is 7. The molecule has 10 nitrogen and oxygen atoms in total. The van der Waals surface area contributed by atoms with Gasteiger partial charge in [-0.2, -0.15) is 13.2 Å². The average Bonchev–Trinajstić information content (AvgIpc) is 2.94. The Hall–Kier alpha value is -4.07. The van der Waals surface area contributed by atoms with Crippen LogP contribution in [0.4, 0.5) is 18.9 Å². The molecule has 3 aromatic rings. The molecule has 0 spiro atoms. The van der Waals surface area contributed by atoms with Crippen LogP contribution in [0.1, 0.15) is 24.0 Å². The molecule has 0 radical (unpaired) electrons. The van der Waals surface area contributed by atoms with Crippen LogP contribution in [0.25, 0.3) is 10.9 Å². The van der Waals surface area contributed by atoms with Gasteiger partial charge in [0.2, 0.25) is 17.7 Å². The zero-order chi connectivity index (χ0) is 30.0. The lowest BCUT2D eigenvalue weighted by molar-refractivity contribution is -0.137. The molecule has 3 rings (SSSR count). The number of hydrogen-bond donors (Lipinski definition) is 5. The average molecular weight is 574 g/mol. The predicted molar refractivity (Wildman–Crippen MR) is 149 cm³/mol. The molecule has 0 saturated carbocycles. The number of carbonyl (C=O) groups is 3. The Morgan fingerprint density at radius 1 is 0.951 bits per heavy atom. The standard InChI is InChI=1S/C28H34F3N7O3/c29-28(30,31)19-7-8-20-22(10-13-35-24(20)16-19)36-27(41)23(9-6-18-4-2-1-3-5-18)37-26(40)21(34)17-25(39)38(14-11-32)15-12-33/h1-5,7-8,10,13,16,21,23H,6,9,11-12,14-15,17,32-34H2,(H,37,40)(H,35,36,41). The third-order valence-electron chi connectivity index (χ3n) is 6.41. The summed E-state index contributed by atoms with van der Waals surface area (Å²) in [6.45, 7) is 0.958. The minimum absolute atomic E-state index is 0.0440. The summed E-state index contributed by atoms with van der Waals surface area (Å²) in [5.41, 5.74) is 17.5. The molecule has 220 valence electrons. The molecule has 1 aromatic heterocycles. The molecule has 0 aliphatic carbocycles. The number of benzene rings is 2. The van der Waals surface area contributed by atoms with Crippen LogP contribution >= 0.6 is 0 Å². The van der Waals surface area contributed by atoms with Gasteiger partial charge in [-0.3, -0.25) is 19.4 Å². The van der Waals surface area contributed by atoms with Crippen molar-refractivity contribution < 1.29 is 27.6 Å². The van der Waals surface area contributed by atoms with Crippen molar-refractivity contribution in [2.24, 2.45) is 17.2 Å². The first-order valence-corrected chi connectivity index (χ1v) is 13.1. The predicted octanol–water partition coefficient (Wildman–Crippen LogP) is 1.77. The number of anilines is 1. The van der Waals surface area contributed by atoms with Crippen LogP contribution < -0.4 is 27.8 Å². The van der Waals surface area contributed by atoms with E-state index in [9.17, 15) is 27.6 Å². The molecule has 0 bridgehead atoms. The van der Waals surface area contributed by atoms with Gasteiger partial charge in [-0.05, 0) is 36.6 Å². The second-order valence-electron chi connectivity index (χ2n) is 9.43. The van der Waals surface area contributed by atoms with Crippen molar-refractivity contribution in [3.63, 3.8) is 0 Å². The van der Waals surface area contributed by atoms with E-state index in [2.05, 4.69) is 15.6 Å². The number of nitrogens with zero attached hydrogens (tertiary/aromatic N) is 2. The van der Waals surface area contributed by atoms with Gasteiger partial charge in [0, 0.05) is 37.8 Å². The molecule has 8 N–H and O–H groups in total. The van der Waals surface area contributed by atoms with E-state index < -0.39 is 41.5 Å². The SMILES string of the molecule is NCCN(CCN)C(=O)CC(N)C(=O)NC(CCc1ccccc1)C(=O)Nc1ccnc2cc(C(F)(F)F)ccc12. The van der Waals surface area contributed by atoms with Crippen molar-refractivity contribution >= 4 is 34.3 Å². The Kier molecular flexibility index (Phi) is 11.1. The lowest BCUT2D eigenvalue weighted by Gasteiger charge is -2.24. The normalized spacial score (nSPS) is 12.9. The summed E-state index contributed by atoms with van der Waals surface area (Å²) in [4.78, 5) is 44.4. The van der Waals surface area contributed by atoms with Gasteiger partial charge in [0.25, 0.3) is 0 Å². The van der Waals surface area contributed by atoms with Gasteiger partial charge >= 0.3 is 6.18 Å². The molecule has 2 atom stereocenters. The number of nitrogens with one attached hydrogen (secondary N) is 2. The van der Waals surface area contributed by atoms with E-state index >= 15 is 0 Å². The number of aryl methyl sites for hydroxylation is 1. The maximum atomic E-state index is 13.4. The minimum Gasteiger partial charge on any atom is -0.343 e. The van der Waals surface area contributed by atoms with Crippen molar-refractivity contribution in [1.82, 2.24) is 15.2 Å². The van der Waals surface area contributed by atoms with E-state index in [0.717, 1.165) is 17.7 Å². The first-order valence-electron chi connectivity index (χ1n) is 13.1. The highest BCUT2D eigenvalue weighted by molar-refractivity contribution is 6.04. The molecule has 2 aromatic carbocycles. The molecular formula is C28H34F3N7O3. The lowest BCUT2D eigenvalue weighted by Crippen LogP contribution is -2.52. The van der Waals surface area contributed by atoms with Crippen molar-refractivity contribution in [3.05, 3.63) is 71.9 Å². The van der Waals surface area contributed by atoms with Crippen LogP contribution in [0.5, 0.6) is 0 Å². The highest BCUT2D eigenvalue weighted by Gasteiger charge is 2.31. The number of rotatable bonds is 13. The highest BCUT2D eigenvalue weighted by Crippen LogP contribution is 2.32. The van der Waals surface area contributed by atoms with Gasteiger partial charge < -0.3 is 32.7 Å². The highest BCUT2D eigenvalue weighted by atomic mass is 19.4. The molecule has 41 heavy (non-hydrogen) atoms. The molecular weight excluding hydrogens is 539 g/mol. The van der Waals surface area contributed by atoms with Crippen molar-refractivity contribution in [2.75, 3.05) is 31.5 Å². The third-order valence-corrected chi connectivity index (χ3v) is 6.41. The van der Waals surface area contributed by atoms with Crippen LogP contribution in [0.3, 0.4) is 0 Å². The summed E-state index contributed by atoms with van der Waals surface area (Å²) >= 11 is 0. The second kappa shape index (κ2) is 14.5. The molecule has 1 heterocycles. The minimum atomic E-state index is -4.55. The Morgan fingerprint density at radius 2 is 1.63 bits per heavy atom. The van der Waals surface area contributed by atoms with E-state index in [1.165, 1.54) is 23.2 Å². The van der Waals surface area contributed by atoms with Crippen LogP contribution in [0.2, 0.25) is 0 Å². The van der Waals surface area contributed by atoms with Crippen molar-refractivity contribution in [2.45, 2.75) is 37.5 Å². The van der Waals surface area contributed by atoms with Gasteiger partial charge in [-0.15, -0.1) is 0 Å². The van der Waals surface area contributed by atoms with E-state index in [0.29, 0.717) is 11.8 Å². The monoisotopic (exact) mass is 573 g/mol. The number of carbonyl (C=O) groups excluding carboxylic acids is 3. The number of pyridine rings is 1. The Labute approximate surface area is 235 Å². The second-order valence-corrected chi connectivity index (χ2v) is 9.43. The van der Waals surface area contributed by atoms with Crippen molar-refractivity contribution in [3.8, 4) is 0 Å². The van der Waals surface area contributed by atoms with Gasteiger partial charge in [0.15, 0.2) is 0 Å². The van der Waals surface area contributed by atoms with E-state index in [1.54, 1.807) is 0 Å².